The molecule has 1 N–H and O–H groups in total. The van der Waals surface area contributed by atoms with Gasteiger partial charge in [-0.05, 0) is 62.7 Å². The van der Waals surface area contributed by atoms with Crippen LogP contribution in [-0.4, -0.2) is 54.0 Å². The number of rotatable bonds is 24. The van der Waals surface area contributed by atoms with Crippen LogP contribution in [0.4, 0.5) is 10.5 Å². The fourth-order valence-electron chi connectivity index (χ4n) is 5.93. The average molecular weight is 699 g/mol. The SMILES string of the molecule is CCCCCCCCCCCCCCCCCCOc1ccc(Cl)cc1NC(=O)C(C(=O)c1ccc(OC)cc1)N1C(=O)OC(C)(C)C1=O. The molecule has 1 heterocycles. The first-order valence-electron chi connectivity index (χ1n) is 18.1. The molecule has 0 aliphatic carbocycles. The fourth-order valence-corrected chi connectivity index (χ4v) is 6.10. The molecule has 1 unspecified atom stereocenters. The third-order valence-corrected chi connectivity index (χ3v) is 9.09. The number of ether oxygens (including phenoxy) is 3. The summed E-state index contributed by atoms with van der Waals surface area (Å²) in [4.78, 5) is 54.0. The van der Waals surface area contributed by atoms with Crippen molar-refractivity contribution in [3.05, 3.63) is 53.1 Å². The number of halogens is 1. The molecule has 0 saturated carbocycles. The van der Waals surface area contributed by atoms with Crippen LogP contribution in [0.25, 0.3) is 0 Å². The van der Waals surface area contributed by atoms with Gasteiger partial charge in [-0.25, -0.2) is 9.69 Å². The number of carbonyl (C=O) groups excluding carboxylic acids is 4. The zero-order valence-corrected chi connectivity index (χ0v) is 30.6. The number of ketones is 1. The zero-order chi connectivity index (χ0) is 35.6. The molecule has 49 heavy (non-hydrogen) atoms. The Hall–Kier alpha value is -3.59. The van der Waals surface area contributed by atoms with E-state index in [2.05, 4.69) is 12.2 Å². The molecule has 9 nitrogen and oxygen atoms in total. The number of cyclic esters (lactones) is 1. The second-order valence-electron chi connectivity index (χ2n) is 13.3. The molecule has 1 saturated heterocycles. The maximum atomic E-state index is 13.8. The molecule has 3 rings (SSSR count). The second-order valence-corrected chi connectivity index (χ2v) is 13.8. The molecule has 0 bridgehead atoms. The highest BCUT2D eigenvalue weighted by Crippen LogP contribution is 2.31. The molecule has 270 valence electrons. The minimum atomic E-state index is -1.83. The van der Waals surface area contributed by atoms with Crippen LogP contribution in [0.15, 0.2) is 42.5 Å². The number of methoxy groups -OCH3 is 1. The number of carbonyl (C=O) groups is 4. The van der Waals surface area contributed by atoms with E-state index in [0.717, 1.165) is 19.3 Å². The van der Waals surface area contributed by atoms with Crippen molar-refractivity contribution in [1.82, 2.24) is 4.90 Å². The van der Waals surface area contributed by atoms with Gasteiger partial charge in [0, 0.05) is 10.6 Å². The Kier molecular flexibility index (Phi) is 16.9. The van der Waals surface area contributed by atoms with Gasteiger partial charge in [-0.15, -0.1) is 0 Å². The van der Waals surface area contributed by atoms with Crippen LogP contribution in [0.1, 0.15) is 134 Å². The lowest BCUT2D eigenvalue weighted by Crippen LogP contribution is -2.53. The molecule has 0 spiro atoms. The van der Waals surface area contributed by atoms with Gasteiger partial charge in [0.1, 0.15) is 11.5 Å². The Morgan fingerprint density at radius 2 is 1.35 bits per heavy atom. The van der Waals surface area contributed by atoms with Crippen LogP contribution in [0.2, 0.25) is 5.02 Å². The first-order valence-corrected chi connectivity index (χ1v) is 18.4. The van der Waals surface area contributed by atoms with Crippen LogP contribution < -0.4 is 14.8 Å². The lowest BCUT2D eigenvalue weighted by Gasteiger charge is -2.24. The lowest BCUT2D eigenvalue weighted by atomic mass is 10.00. The molecule has 1 aliphatic rings. The Morgan fingerprint density at radius 1 is 0.816 bits per heavy atom. The first kappa shape index (κ1) is 39.8. The van der Waals surface area contributed by atoms with E-state index >= 15 is 0 Å². The summed E-state index contributed by atoms with van der Waals surface area (Å²) in [5.41, 5.74) is -1.20. The maximum Gasteiger partial charge on any atom is 0.418 e. The first-order chi connectivity index (χ1) is 23.6. The number of amides is 3. The third kappa shape index (κ3) is 12.7. The van der Waals surface area contributed by atoms with Crippen molar-refractivity contribution >= 4 is 41.0 Å². The van der Waals surface area contributed by atoms with E-state index in [1.807, 2.05) is 0 Å². The molecule has 1 aliphatic heterocycles. The van der Waals surface area contributed by atoms with E-state index in [0.29, 0.717) is 28.0 Å². The van der Waals surface area contributed by atoms with Crippen molar-refractivity contribution in [3.8, 4) is 11.5 Å². The monoisotopic (exact) mass is 698 g/mol. The molecule has 3 amide bonds. The number of benzene rings is 2. The number of imide groups is 1. The van der Waals surface area contributed by atoms with Crippen LogP contribution >= 0.6 is 11.6 Å². The van der Waals surface area contributed by atoms with Crippen LogP contribution in [0.5, 0.6) is 11.5 Å². The normalized spacial score (nSPS) is 14.4. The van der Waals surface area contributed by atoms with E-state index < -0.39 is 35.3 Å². The number of Topliss-reactive ketones (excluding diaryl/α,β-unsaturated/α-hetero) is 1. The quantitative estimate of drug-likeness (QED) is 0.0660. The minimum absolute atomic E-state index is 0.109. The molecule has 2 aromatic carbocycles. The van der Waals surface area contributed by atoms with Gasteiger partial charge in [-0.1, -0.05) is 115 Å². The Labute approximate surface area is 297 Å². The van der Waals surface area contributed by atoms with Crippen molar-refractivity contribution in [3.63, 3.8) is 0 Å². The average Bonchev–Trinajstić information content (AvgIpc) is 3.28. The topological polar surface area (TPSA) is 111 Å². The standard InChI is InChI=1S/C39H55ClN2O7/c1-5-6-7-8-9-10-11-12-13-14-15-16-17-18-19-20-27-48-33-26-23-30(40)28-32(33)41-36(44)34(42-37(45)39(2,3)49-38(42)46)35(43)29-21-24-31(47-4)25-22-29/h21-26,28,34H,5-20,27H2,1-4H3,(H,41,44). The molecule has 10 heteroatoms. The second kappa shape index (κ2) is 20.8. The predicted octanol–water partition coefficient (Wildman–Crippen LogP) is 9.94. The third-order valence-electron chi connectivity index (χ3n) is 8.86. The summed E-state index contributed by atoms with van der Waals surface area (Å²) in [5.74, 6) is -1.60. The van der Waals surface area contributed by atoms with Gasteiger partial charge in [-0.3, -0.25) is 14.4 Å². The Balaban J connectivity index is 1.49. The molecular weight excluding hydrogens is 644 g/mol. The van der Waals surface area contributed by atoms with Gasteiger partial charge in [0.15, 0.2) is 17.4 Å². The van der Waals surface area contributed by atoms with Crippen molar-refractivity contribution in [2.45, 2.75) is 135 Å². The molecule has 1 fully saturated rings. The number of nitrogens with zero attached hydrogens (tertiary/aromatic N) is 1. The largest absolute Gasteiger partial charge is 0.497 e. The Bertz CT molecular complexity index is 1360. The summed E-state index contributed by atoms with van der Waals surface area (Å²) in [6.07, 6.45) is 19.3. The van der Waals surface area contributed by atoms with Gasteiger partial charge < -0.3 is 19.5 Å². The lowest BCUT2D eigenvalue weighted by molar-refractivity contribution is -0.137. The summed E-state index contributed by atoms with van der Waals surface area (Å²) in [5, 5.41) is 3.02. The van der Waals surface area contributed by atoms with E-state index in [-0.39, 0.29) is 11.3 Å². The number of anilines is 1. The van der Waals surface area contributed by atoms with Crippen LogP contribution in [-0.2, 0) is 14.3 Å². The van der Waals surface area contributed by atoms with Crippen molar-refractivity contribution in [2.75, 3.05) is 19.0 Å². The van der Waals surface area contributed by atoms with Gasteiger partial charge >= 0.3 is 6.09 Å². The summed E-state index contributed by atoms with van der Waals surface area (Å²) < 4.78 is 16.4. The van der Waals surface area contributed by atoms with E-state index in [9.17, 15) is 19.2 Å². The van der Waals surface area contributed by atoms with Crippen LogP contribution in [0, 0.1) is 0 Å². The fraction of sp³-hybridized carbons (Fsp3) is 0.590. The highest BCUT2D eigenvalue weighted by atomic mass is 35.5. The van der Waals surface area contributed by atoms with Crippen molar-refractivity contribution < 1.29 is 33.4 Å². The molecule has 2 aromatic rings. The van der Waals surface area contributed by atoms with Gasteiger partial charge in [0.25, 0.3) is 11.8 Å². The van der Waals surface area contributed by atoms with Gasteiger partial charge in [-0.2, -0.15) is 0 Å². The van der Waals surface area contributed by atoms with Crippen LogP contribution in [0.3, 0.4) is 0 Å². The zero-order valence-electron chi connectivity index (χ0n) is 29.8. The number of unbranched alkanes of at least 4 members (excludes halogenated alkanes) is 15. The minimum Gasteiger partial charge on any atom is -0.497 e. The van der Waals surface area contributed by atoms with E-state index in [1.54, 1.807) is 24.3 Å². The smallest absolute Gasteiger partial charge is 0.418 e. The van der Waals surface area contributed by atoms with E-state index in [4.69, 9.17) is 25.8 Å². The highest BCUT2D eigenvalue weighted by Gasteiger charge is 2.54. The summed E-state index contributed by atoms with van der Waals surface area (Å²) in [6.45, 7) is 5.50. The van der Waals surface area contributed by atoms with E-state index in [1.165, 1.54) is 123 Å². The Morgan fingerprint density at radius 3 is 1.84 bits per heavy atom. The number of hydrogen-bond donors (Lipinski definition) is 1. The molecule has 0 aromatic heterocycles. The number of hydrogen-bond acceptors (Lipinski definition) is 7. The summed E-state index contributed by atoms with van der Waals surface area (Å²) in [6, 6.07) is 8.99. The van der Waals surface area contributed by atoms with Gasteiger partial charge in [0.2, 0.25) is 0 Å². The van der Waals surface area contributed by atoms with Crippen molar-refractivity contribution in [1.29, 1.82) is 0 Å². The molecule has 0 radical (unpaired) electrons. The highest BCUT2D eigenvalue weighted by molar-refractivity contribution is 6.31. The molecular formula is C39H55ClN2O7. The number of nitrogens with one attached hydrogen (secondary N) is 1. The van der Waals surface area contributed by atoms with Crippen molar-refractivity contribution in [2.24, 2.45) is 0 Å². The summed E-state index contributed by atoms with van der Waals surface area (Å²) >= 11 is 6.26. The predicted molar refractivity (Wildman–Crippen MR) is 194 cm³/mol. The van der Waals surface area contributed by atoms with Gasteiger partial charge in [0.05, 0.1) is 19.4 Å². The summed E-state index contributed by atoms with van der Waals surface area (Å²) in [7, 11) is 1.49. The molecule has 1 atom stereocenters. The maximum absolute atomic E-state index is 13.8.